The highest BCUT2D eigenvalue weighted by Crippen LogP contribution is 2.34. The van der Waals surface area contributed by atoms with Crippen LogP contribution in [0.4, 0.5) is 9.18 Å². The Hall–Kier alpha value is -4.20. The summed E-state index contributed by atoms with van der Waals surface area (Å²) >= 11 is 1.28. The fourth-order valence-corrected chi connectivity index (χ4v) is 5.55. The molecule has 1 atom stereocenters. The van der Waals surface area contributed by atoms with Gasteiger partial charge in [-0.15, -0.1) is 11.3 Å². The Labute approximate surface area is 219 Å². The number of imide groups is 2. The number of fused-ring (bicyclic) bond motifs is 1. The SMILES string of the molecule is COc1cc2sc(C(C)(C)NC(=O)NC3=NC4=C(CC3)C(=O)N(C3CCC(=O)NC3=O)C4=O)nc2cc1F. The summed E-state index contributed by atoms with van der Waals surface area (Å²) in [6.07, 6.45) is 0.397. The first-order valence-electron chi connectivity index (χ1n) is 11.7. The molecule has 1 saturated heterocycles. The van der Waals surface area contributed by atoms with Gasteiger partial charge in [0.15, 0.2) is 11.6 Å². The lowest BCUT2D eigenvalue weighted by atomic mass is 10.0. The highest BCUT2D eigenvalue weighted by atomic mass is 32.1. The van der Waals surface area contributed by atoms with Gasteiger partial charge in [0.2, 0.25) is 11.8 Å². The molecule has 1 aromatic heterocycles. The van der Waals surface area contributed by atoms with E-state index >= 15 is 0 Å². The number of amidine groups is 1. The molecule has 0 radical (unpaired) electrons. The van der Waals surface area contributed by atoms with Gasteiger partial charge in [-0.25, -0.2) is 19.2 Å². The van der Waals surface area contributed by atoms with Crippen LogP contribution < -0.4 is 20.7 Å². The quantitative estimate of drug-likeness (QED) is 0.495. The van der Waals surface area contributed by atoms with Crippen LogP contribution in [0.3, 0.4) is 0 Å². The zero-order valence-electron chi connectivity index (χ0n) is 20.6. The lowest BCUT2D eigenvalue weighted by molar-refractivity contribution is -0.150. The number of aromatic nitrogens is 1. The monoisotopic (exact) mass is 542 g/mol. The summed E-state index contributed by atoms with van der Waals surface area (Å²) in [7, 11) is 1.37. The molecule has 1 unspecified atom stereocenters. The van der Waals surface area contributed by atoms with Crippen molar-refractivity contribution in [3.63, 3.8) is 0 Å². The summed E-state index contributed by atoms with van der Waals surface area (Å²) in [6.45, 7) is 3.47. The Balaban J connectivity index is 1.29. The number of nitrogens with one attached hydrogen (secondary N) is 3. The Morgan fingerprint density at radius 1 is 1.18 bits per heavy atom. The van der Waals surface area contributed by atoms with Crippen LogP contribution in [0.15, 0.2) is 28.4 Å². The van der Waals surface area contributed by atoms with E-state index in [4.69, 9.17) is 4.74 Å². The molecule has 3 N–H and O–H groups in total. The van der Waals surface area contributed by atoms with Crippen molar-refractivity contribution >= 4 is 57.0 Å². The first-order chi connectivity index (χ1) is 18.0. The van der Waals surface area contributed by atoms with Crippen molar-refractivity contribution < 1.29 is 33.1 Å². The van der Waals surface area contributed by atoms with Gasteiger partial charge in [0.1, 0.15) is 22.6 Å². The first-order valence-corrected chi connectivity index (χ1v) is 12.6. The van der Waals surface area contributed by atoms with Crippen LogP contribution in [0.25, 0.3) is 10.2 Å². The second kappa shape index (κ2) is 9.28. The maximum absolute atomic E-state index is 14.1. The largest absolute Gasteiger partial charge is 0.494 e. The summed E-state index contributed by atoms with van der Waals surface area (Å²) < 4.78 is 19.8. The van der Waals surface area contributed by atoms with Crippen molar-refractivity contribution in [3.8, 4) is 5.75 Å². The number of rotatable bonds is 4. The van der Waals surface area contributed by atoms with Crippen LogP contribution in [0.5, 0.6) is 5.75 Å². The van der Waals surface area contributed by atoms with E-state index < -0.39 is 47.1 Å². The summed E-state index contributed by atoms with van der Waals surface area (Å²) in [5, 5.41) is 8.10. The standard InChI is InChI=1S/C24H23FN6O6S/c1-24(2,22-26-12-8-11(25)14(37-3)9-15(12)38-22)30-23(36)28-16-6-4-10-18(27-16)21(35)31(20(10)34)13-5-7-17(32)29-19(13)33/h8-9,13H,4-7H2,1-3H3,(H,29,32,33)(H2,27,28,30,36). The van der Waals surface area contributed by atoms with Crippen molar-refractivity contribution in [2.45, 2.75) is 51.1 Å². The third-order valence-corrected chi connectivity index (χ3v) is 7.79. The van der Waals surface area contributed by atoms with Crippen LogP contribution in [0, 0.1) is 5.82 Å². The summed E-state index contributed by atoms with van der Waals surface area (Å²) in [6, 6.07) is 1.11. The van der Waals surface area contributed by atoms with E-state index in [1.807, 2.05) is 0 Å². The van der Waals surface area contributed by atoms with E-state index in [1.54, 1.807) is 19.9 Å². The van der Waals surface area contributed by atoms with Crippen LogP contribution >= 0.6 is 11.3 Å². The summed E-state index contributed by atoms with van der Waals surface area (Å²) in [5.41, 5.74) is -0.468. The molecule has 2 aromatic rings. The van der Waals surface area contributed by atoms with Gasteiger partial charge in [0.25, 0.3) is 11.8 Å². The predicted octanol–water partition coefficient (Wildman–Crippen LogP) is 1.60. The molecule has 6 amide bonds. The molecule has 5 rings (SSSR count). The highest BCUT2D eigenvalue weighted by Gasteiger charge is 2.47. The molecular weight excluding hydrogens is 519 g/mol. The molecule has 1 fully saturated rings. The van der Waals surface area contributed by atoms with Gasteiger partial charge in [0, 0.05) is 30.5 Å². The number of amides is 6. The van der Waals surface area contributed by atoms with Crippen molar-refractivity contribution in [1.29, 1.82) is 0 Å². The van der Waals surface area contributed by atoms with Gasteiger partial charge in [-0.2, -0.15) is 0 Å². The molecular formula is C24H23FN6O6S. The fraction of sp³-hybridized carbons (Fsp3) is 0.375. The Morgan fingerprint density at radius 2 is 1.95 bits per heavy atom. The lowest BCUT2D eigenvalue weighted by Crippen LogP contribution is -2.54. The maximum Gasteiger partial charge on any atom is 0.320 e. The van der Waals surface area contributed by atoms with E-state index in [-0.39, 0.29) is 48.5 Å². The van der Waals surface area contributed by atoms with E-state index in [2.05, 4.69) is 25.9 Å². The molecule has 198 valence electrons. The number of thiazole rings is 1. The third-order valence-electron chi connectivity index (χ3n) is 6.45. The Kier molecular flexibility index (Phi) is 6.21. The molecule has 3 aliphatic rings. The number of nitrogens with zero attached hydrogens (tertiary/aromatic N) is 3. The number of aliphatic imine (C=N–C) groups is 1. The molecule has 0 saturated carbocycles. The topological polar surface area (TPSA) is 159 Å². The first kappa shape index (κ1) is 25.4. The number of benzene rings is 1. The minimum absolute atomic E-state index is 0.0152. The number of carbonyl (C=O) groups is 5. The van der Waals surface area contributed by atoms with E-state index in [1.165, 1.54) is 24.5 Å². The van der Waals surface area contributed by atoms with Gasteiger partial charge in [-0.3, -0.25) is 34.7 Å². The zero-order valence-corrected chi connectivity index (χ0v) is 21.5. The molecule has 0 aliphatic carbocycles. The van der Waals surface area contributed by atoms with Gasteiger partial charge < -0.3 is 10.1 Å². The number of halogens is 1. The number of ether oxygens (including phenoxy) is 1. The van der Waals surface area contributed by atoms with Gasteiger partial charge in [0.05, 0.1) is 22.9 Å². The Bertz CT molecular complexity index is 1490. The Morgan fingerprint density at radius 3 is 2.66 bits per heavy atom. The minimum Gasteiger partial charge on any atom is -0.494 e. The van der Waals surface area contributed by atoms with Crippen LogP contribution in [0.2, 0.25) is 0 Å². The third kappa shape index (κ3) is 4.40. The molecule has 3 aliphatic heterocycles. The predicted molar refractivity (Wildman–Crippen MR) is 133 cm³/mol. The zero-order chi connectivity index (χ0) is 27.4. The van der Waals surface area contributed by atoms with E-state index in [9.17, 15) is 28.4 Å². The average molecular weight is 543 g/mol. The van der Waals surface area contributed by atoms with E-state index in [0.29, 0.717) is 15.2 Å². The maximum atomic E-state index is 14.1. The number of urea groups is 1. The second-order valence-corrected chi connectivity index (χ2v) is 10.5. The van der Waals surface area contributed by atoms with Crippen LogP contribution in [-0.4, -0.2) is 58.5 Å². The minimum atomic E-state index is -1.09. The molecule has 0 spiro atoms. The smallest absolute Gasteiger partial charge is 0.320 e. The van der Waals surface area contributed by atoms with Crippen molar-refractivity contribution in [2.75, 3.05) is 7.11 Å². The number of piperidine rings is 1. The van der Waals surface area contributed by atoms with Gasteiger partial charge >= 0.3 is 6.03 Å². The van der Waals surface area contributed by atoms with Crippen molar-refractivity contribution in [1.82, 2.24) is 25.8 Å². The summed E-state index contributed by atoms with van der Waals surface area (Å²) in [4.78, 5) is 71.8. The van der Waals surface area contributed by atoms with Crippen molar-refractivity contribution in [3.05, 3.63) is 34.2 Å². The fourth-order valence-electron chi connectivity index (χ4n) is 4.51. The number of carbonyl (C=O) groups excluding carboxylic acids is 5. The van der Waals surface area contributed by atoms with Crippen molar-refractivity contribution in [2.24, 2.45) is 4.99 Å². The lowest BCUT2D eigenvalue weighted by Gasteiger charge is -2.28. The number of hydrogen-bond acceptors (Lipinski definition) is 9. The molecule has 38 heavy (non-hydrogen) atoms. The molecule has 4 heterocycles. The van der Waals surface area contributed by atoms with Crippen LogP contribution in [-0.2, 0) is 24.7 Å². The van der Waals surface area contributed by atoms with Gasteiger partial charge in [-0.1, -0.05) is 0 Å². The van der Waals surface area contributed by atoms with E-state index in [0.717, 1.165) is 4.90 Å². The number of hydrogen-bond donors (Lipinski definition) is 3. The van der Waals surface area contributed by atoms with Gasteiger partial charge in [-0.05, 0) is 26.7 Å². The molecule has 14 heteroatoms. The summed E-state index contributed by atoms with van der Waals surface area (Å²) in [5.74, 6) is -2.79. The molecule has 1 aromatic carbocycles. The number of methoxy groups -OCH3 is 1. The second-order valence-electron chi connectivity index (χ2n) is 9.51. The van der Waals surface area contributed by atoms with Crippen LogP contribution in [0.1, 0.15) is 44.5 Å². The normalized spacial score (nSPS) is 19.9. The average Bonchev–Trinajstić information content (AvgIpc) is 3.37. The molecule has 0 bridgehead atoms. The highest BCUT2D eigenvalue weighted by molar-refractivity contribution is 7.18. The molecule has 12 nitrogen and oxygen atoms in total.